The van der Waals surface area contributed by atoms with Gasteiger partial charge >= 0.3 is 0 Å². The molecule has 4 heterocycles. The minimum absolute atomic E-state index is 0.0262. The van der Waals surface area contributed by atoms with Gasteiger partial charge in [-0.25, -0.2) is 18.7 Å². The SMILES string of the molecule is C=C=C[C@]1(c2cn3cc(C(=O)Nc4cccc(C(F)F)n4)c(OC(C)C)cc3n2)CCC(C)OC1. The smallest absolute Gasteiger partial charge is 0.280 e. The molecule has 1 unspecified atom stereocenters. The summed E-state index contributed by atoms with van der Waals surface area (Å²) in [6, 6.07) is 5.77. The molecule has 9 heteroatoms. The Morgan fingerprint density at radius 2 is 2.17 bits per heavy atom. The second-order valence-corrected chi connectivity index (χ2v) is 8.98. The molecule has 0 aliphatic carbocycles. The molecule has 1 aliphatic heterocycles. The number of alkyl halides is 2. The van der Waals surface area contributed by atoms with Gasteiger partial charge in [-0.1, -0.05) is 12.6 Å². The first-order valence-corrected chi connectivity index (χ1v) is 11.5. The molecular formula is C26H28F2N4O3. The second kappa shape index (κ2) is 9.98. The quantitative estimate of drug-likeness (QED) is 0.451. The zero-order valence-corrected chi connectivity index (χ0v) is 19.9. The lowest BCUT2D eigenvalue weighted by Crippen LogP contribution is -2.37. The number of carbonyl (C=O) groups is 1. The minimum atomic E-state index is -2.74. The number of pyridine rings is 2. The fraction of sp³-hybridized carbons (Fsp3) is 0.385. The number of carbonyl (C=O) groups excluding carboxylic acids is 1. The lowest BCUT2D eigenvalue weighted by molar-refractivity contribution is -0.00702. The van der Waals surface area contributed by atoms with E-state index in [9.17, 15) is 13.6 Å². The van der Waals surface area contributed by atoms with E-state index in [0.29, 0.717) is 18.0 Å². The summed E-state index contributed by atoms with van der Waals surface area (Å²) in [5, 5.41) is 2.59. The topological polar surface area (TPSA) is 77.8 Å². The zero-order valence-electron chi connectivity index (χ0n) is 19.9. The van der Waals surface area contributed by atoms with Gasteiger partial charge in [-0.2, -0.15) is 0 Å². The van der Waals surface area contributed by atoms with Gasteiger partial charge in [-0.05, 0) is 51.8 Å². The average Bonchev–Trinajstić information content (AvgIpc) is 3.24. The Morgan fingerprint density at radius 1 is 1.37 bits per heavy atom. The van der Waals surface area contributed by atoms with Crippen LogP contribution in [-0.4, -0.2) is 39.1 Å². The number of aromatic nitrogens is 3. The molecule has 7 nitrogen and oxygen atoms in total. The van der Waals surface area contributed by atoms with Gasteiger partial charge < -0.3 is 19.2 Å². The predicted molar refractivity (Wildman–Crippen MR) is 128 cm³/mol. The lowest BCUT2D eigenvalue weighted by Gasteiger charge is -2.35. The summed E-state index contributed by atoms with van der Waals surface area (Å²) in [4.78, 5) is 21.8. The summed E-state index contributed by atoms with van der Waals surface area (Å²) in [6.45, 7) is 9.93. The molecule has 0 bridgehead atoms. The predicted octanol–water partition coefficient (Wildman–Crippen LogP) is 5.48. The van der Waals surface area contributed by atoms with Gasteiger partial charge in [0, 0.05) is 18.5 Å². The number of halogens is 2. The minimum Gasteiger partial charge on any atom is -0.490 e. The van der Waals surface area contributed by atoms with Gasteiger partial charge in [-0.3, -0.25) is 4.79 Å². The third-order valence-electron chi connectivity index (χ3n) is 5.91. The van der Waals surface area contributed by atoms with Crippen molar-refractivity contribution in [3.05, 3.63) is 72.0 Å². The number of ether oxygens (including phenoxy) is 2. The van der Waals surface area contributed by atoms with Crippen LogP contribution < -0.4 is 10.1 Å². The molecule has 0 aromatic carbocycles. The Kier molecular flexibility index (Phi) is 7.00. The monoisotopic (exact) mass is 482 g/mol. The first kappa shape index (κ1) is 24.6. The molecule has 1 saturated heterocycles. The maximum atomic E-state index is 13.2. The summed E-state index contributed by atoms with van der Waals surface area (Å²) in [7, 11) is 0. The van der Waals surface area contributed by atoms with E-state index >= 15 is 0 Å². The van der Waals surface area contributed by atoms with Crippen LogP contribution in [0.15, 0.2) is 55.0 Å². The fourth-order valence-electron chi connectivity index (χ4n) is 4.10. The molecule has 0 saturated carbocycles. The molecular weight excluding hydrogens is 454 g/mol. The van der Waals surface area contributed by atoms with Gasteiger partial charge in [0.15, 0.2) is 0 Å². The highest BCUT2D eigenvalue weighted by molar-refractivity contribution is 6.05. The van der Waals surface area contributed by atoms with Gasteiger partial charge in [-0.15, -0.1) is 5.73 Å². The number of hydrogen-bond acceptors (Lipinski definition) is 5. The number of imidazole rings is 1. The summed E-state index contributed by atoms with van der Waals surface area (Å²) < 4.78 is 39.6. The van der Waals surface area contributed by atoms with E-state index < -0.39 is 23.4 Å². The van der Waals surface area contributed by atoms with Gasteiger partial charge in [0.25, 0.3) is 12.3 Å². The third kappa shape index (κ3) is 5.26. The van der Waals surface area contributed by atoms with Crippen molar-refractivity contribution in [3.8, 4) is 5.75 Å². The molecule has 3 aromatic rings. The van der Waals surface area contributed by atoms with E-state index in [0.717, 1.165) is 18.5 Å². The van der Waals surface area contributed by atoms with Crippen molar-refractivity contribution in [1.29, 1.82) is 0 Å². The van der Waals surface area contributed by atoms with Gasteiger partial charge in [0.05, 0.1) is 35.5 Å². The third-order valence-corrected chi connectivity index (χ3v) is 5.91. The molecule has 2 atom stereocenters. The van der Waals surface area contributed by atoms with E-state index in [-0.39, 0.29) is 23.6 Å². The molecule has 0 radical (unpaired) electrons. The van der Waals surface area contributed by atoms with Gasteiger partial charge in [0.2, 0.25) is 0 Å². The van der Waals surface area contributed by atoms with Crippen molar-refractivity contribution >= 4 is 17.4 Å². The highest BCUT2D eigenvalue weighted by Crippen LogP contribution is 2.36. The maximum Gasteiger partial charge on any atom is 0.280 e. The Labute approximate surface area is 202 Å². The Balaban J connectivity index is 1.73. The van der Waals surface area contributed by atoms with E-state index in [1.807, 2.05) is 33.0 Å². The van der Waals surface area contributed by atoms with Crippen LogP contribution in [0.1, 0.15) is 61.8 Å². The van der Waals surface area contributed by atoms with Crippen LogP contribution in [0.2, 0.25) is 0 Å². The summed E-state index contributed by atoms with van der Waals surface area (Å²) >= 11 is 0. The van der Waals surface area contributed by atoms with E-state index in [1.165, 1.54) is 18.2 Å². The van der Waals surface area contributed by atoms with E-state index in [1.54, 1.807) is 16.7 Å². The van der Waals surface area contributed by atoms with Crippen LogP contribution in [0.5, 0.6) is 5.75 Å². The van der Waals surface area contributed by atoms with Crippen molar-refractivity contribution in [2.24, 2.45) is 0 Å². The van der Waals surface area contributed by atoms with Crippen LogP contribution in [0.3, 0.4) is 0 Å². The Hall–Kier alpha value is -3.55. The zero-order chi connectivity index (χ0) is 25.2. The molecule has 35 heavy (non-hydrogen) atoms. The highest BCUT2D eigenvalue weighted by atomic mass is 19.3. The van der Waals surface area contributed by atoms with Crippen molar-refractivity contribution in [2.45, 2.75) is 57.7 Å². The van der Waals surface area contributed by atoms with Crippen molar-refractivity contribution in [1.82, 2.24) is 14.4 Å². The molecule has 0 spiro atoms. The largest absolute Gasteiger partial charge is 0.490 e. The van der Waals surface area contributed by atoms with Crippen LogP contribution >= 0.6 is 0 Å². The molecule has 3 aromatic heterocycles. The number of nitrogens with one attached hydrogen (secondary N) is 1. The number of nitrogens with zero attached hydrogens (tertiary/aromatic N) is 3. The number of amides is 1. The molecule has 1 N–H and O–H groups in total. The average molecular weight is 483 g/mol. The molecule has 1 aliphatic rings. The first-order valence-electron chi connectivity index (χ1n) is 11.5. The number of fused-ring (bicyclic) bond motifs is 1. The summed E-state index contributed by atoms with van der Waals surface area (Å²) in [6.07, 6.45) is 4.28. The van der Waals surface area contributed by atoms with Crippen LogP contribution in [0, 0.1) is 0 Å². The fourth-order valence-corrected chi connectivity index (χ4v) is 4.10. The normalized spacial score (nSPS) is 20.1. The van der Waals surface area contributed by atoms with Crippen LogP contribution in [0.25, 0.3) is 5.65 Å². The summed E-state index contributed by atoms with van der Waals surface area (Å²) in [5.41, 5.74) is 3.60. The van der Waals surface area contributed by atoms with E-state index in [2.05, 4.69) is 22.6 Å². The molecule has 4 rings (SSSR count). The first-order chi connectivity index (χ1) is 16.7. The van der Waals surface area contributed by atoms with Crippen molar-refractivity contribution < 1.29 is 23.0 Å². The second-order valence-electron chi connectivity index (χ2n) is 8.98. The van der Waals surface area contributed by atoms with Crippen LogP contribution in [-0.2, 0) is 10.2 Å². The van der Waals surface area contributed by atoms with Crippen molar-refractivity contribution in [3.63, 3.8) is 0 Å². The van der Waals surface area contributed by atoms with Gasteiger partial charge in [0.1, 0.15) is 22.9 Å². The highest BCUT2D eigenvalue weighted by Gasteiger charge is 2.37. The van der Waals surface area contributed by atoms with Crippen LogP contribution in [0.4, 0.5) is 14.6 Å². The Bertz CT molecular complexity index is 1270. The number of rotatable bonds is 7. The number of anilines is 1. The van der Waals surface area contributed by atoms with E-state index in [4.69, 9.17) is 14.5 Å². The van der Waals surface area contributed by atoms with Crippen molar-refractivity contribution in [2.75, 3.05) is 11.9 Å². The maximum absolute atomic E-state index is 13.2. The standard InChI is InChI=1S/C26H28F2N4O3/c1-5-10-26(11-9-17(4)34-15-26)21-14-32-13-18(20(35-16(2)3)12-23(32)30-21)25(33)31-22-8-6-7-19(29-22)24(27)28/h6-8,10,12-14,16-17,24H,1,9,11,15H2,2-4H3,(H,29,31,33)/t17?,26-/m0/s1. The number of hydrogen-bond donors (Lipinski definition) is 1. The molecule has 1 amide bonds. The molecule has 184 valence electrons. The summed E-state index contributed by atoms with van der Waals surface area (Å²) in [5.74, 6) is -0.181. The molecule has 1 fully saturated rings. The Morgan fingerprint density at radius 3 is 2.83 bits per heavy atom. The lowest BCUT2D eigenvalue weighted by atomic mass is 9.78.